The molecular formula is C30H56O4. The van der Waals surface area contributed by atoms with Crippen molar-refractivity contribution in [3.63, 3.8) is 0 Å². The van der Waals surface area contributed by atoms with E-state index in [-0.39, 0.29) is 12.4 Å². The lowest BCUT2D eigenvalue weighted by atomic mass is 9.97. The largest absolute Gasteiger partial charge is 0.481 e. The number of carboxylic acids is 1. The molecule has 0 saturated carbocycles. The number of carbonyl (C=O) groups excluding carboxylic acids is 1. The molecule has 0 aromatic carbocycles. The van der Waals surface area contributed by atoms with Crippen LogP contribution in [0.2, 0.25) is 0 Å². The third-order valence-electron chi connectivity index (χ3n) is 6.52. The fourth-order valence-corrected chi connectivity index (χ4v) is 4.36. The Morgan fingerprint density at radius 2 is 1.09 bits per heavy atom. The van der Waals surface area contributed by atoms with Gasteiger partial charge in [-0.15, -0.1) is 0 Å². The van der Waals surface area contributed by atoms with Gasteiger partial charge in [-0.1, -0.05) is 122 Å². The molecule has 0 spiro atoms. The summed E-state index contributed by atoms with van der Waals surface area (Å²) in [6.07, 6.45) is 30.7. The summed E-state index contributed by atoms with van der Waals surface area (Å²) >= 11 is 0. The van der Waals surface area contributed by atoms with E-state index in [9.17, 15) is 9.59 Å². The third-order valence-corrected chi connectivity index (χ3v) is 6.52. The summed E-state index contributed by atoms with van der Waals surface area (Å²) in [7, 11) is 0. The molecule has 200 valence electrons. The summed E-state index contributed by atoms with van der Waals surface area (Å²) in [5.41, 5.74) is 0. The van der Waals surface area contributed by atoms with Gasteiger partial charge in [0.15, 0.2) is 0 Å². The van der Waals surface area contributed by atoms with Crippen LogP contribution in [0.15, 0.2) is 12.2 Å². The van der Waals surface area contributed by atoms with E-state index in [0.29, 0.717) is 13.0 Å². The van der Waals surface area contributed by atoms with E-state index in [0.717, 1.165) is 19.3 Å². The molecule has 0 saturated heterocycles. The first-order chi connectivity index (χ1) is 16.6. The number of unbranched alkanes of at least 4 members (excludes halogenated alkanes) is 17. The van der Waals surface area contributed by atoms with Gasteiger partial charge in [-0.05, 0) is 38.5 Å². The number of rotatable bonds is 26. The minimum Gasteiger partial charge on any atom is -0.481 e. The van der Waals surface area contributed by atoms with Crippen molar-refractivity contribution < 1.29 is 19.4 Å². The predicted molar refractivity (Wildman–Crippen MR) is 144 cm³/mol. The van der Waals surface area contributed by atoms with Crippen LogP contribution in [0.5, 0.6) is 0 Å². The zero-order chi connectivity index (χ0) is 25.1. The van der Waals surface area contributed by atoms with Gasteiger partial charge in [-0.25, -0.2) is 0 Å². The molecule has 0 heterocycles. The van der Waals surface area contributed by atoms with E-state index in [2.05, 4.69) is 19.1 Å². The summed E-state index contributed by atoms with van der Waals surface area (Å²) in [5.74, 6) is -1.74. The Hall–Kier alpha value is -1.32. The van der Waals surface area contributed by atoms with Crippen LogP contribution in [-0.4, -0.2) is 23.7 Å². The normalized spacial score (nSPS) is 12.3. The van der Waals surface area contributed by atoms with Gasteiger partial charge in [0.1, 0.15) is 0 Å². The molecule has 0 aliphatic rings. The van der Waals surface area contributed by atoms with Crippen molar-refractivity contribution in [1.82, 2.24) is 0 Å². The van der Waals surface area contributed by atoms with Crippen LogP contribution < -0.4 is 0 Å². The average Bonchev–Trinajstić information content (AvgIpc) is 2.82. The van der Waals surface area contributed by atoms with Crippen molar-refractivity contribution in [2.45, 2.75) is 155 Å². The molecule has 0 amide bonds. The van der Waals surface area contributed by atoms with Gasteiger partial charge in [0.2, 0.25) is 0 Å². The molecule has 4 nitrogen and oxygen atoms in total. The van der Waals surface area contributed by atoms with Gasteiger partial charge in [-0.3, -0.25) is 9.59 Å². The van der Waals surface area contributed by atoms with Crippen molar-refractivity contribution >= 4 is 11.9 Å². The topological polar surface area (TPSA) is 63.6 Å². The van der Waals surface area contributed by atoms with Gasteiger partial charge in [-0.2, -0.15) is 0 Å². The molecule has 0 aliphatic carbocycles. The molecule has 34 heavy (non-hydrogen) atoms. The highest BCUT2D eigenvalue weighted by Gasteiger charge is 2.22. The predicted octanol–water partition coefficient (Wildman–Crippen LogP) is 9.41. The number of esters is 1. The standard InChI is InChI=1S/C30H56O4/c1-3-5-6-7-8-9-10-11-12-13-14-15-16-17-18-19-20-21-22-23-24-25-28(27-29(31)32)30(33)34-26-4-2/h11-12,28H,3-10,13-27H2,1-2H3,(H,31,32)/b12-11+. The van der Waals surface area contributed by atoms with E-state index in [4.69, 9.17) is 9.84 Å². The molecule has 0 fully saturated rings. The van der Waals surface area contributed by atoms with Gasteiger partial charge < -0.3 is 9.84 Å². The first-order valence-corrected chi connectivity index (χ1v) is 14.6. The number of hydrogen-bond acceptors (Lipinski definition) is 3. The number of aliphatic carboxylic acids is 1. The Bertz CT molecular complexity index is 486. The maximum atomic E-state index is 12.0. The molecule has 0 aliphatic heterocycles. The number of ether oxygens (including phenoxy) is 1. The van der Waals surface area contributed by atoms with Crippen LogP contribution in [0, 0.1) is 5.92 Å². The molecule has 0 rings (SSSR count). The average molecular weight is 481 g/mol. The Balaban J connectivity index is 3.43. The van der Waals surface area contributed by atoms with Gasteiger partial charge in [0.05, 0.1) is 18.9 Å². The number of hydrogen-bond donors (Lipinski definition) is 1. The van der Waals surface area contributed by atoms with Crippen molar-refractivity contribution in [2.24, 2.45) is 5.92 Å². The molecule has 1 N–H and O–H groups in total. The summed E-state index contributed by atoms with van der Waals surface area (Å²) in [4.78, 5) is 23.0. The van der Waals surface area contributed by atoms with Crippen molar-refractivity contribution in [2.75, 3.05) is 6.61 Å². The van der Waals surface area contributed by atoms with Gasteiger partial charge in [0.25, 0.3) is 0 Å². The number of carbonyl (C=O) groups is 2. The first-order valence-electron chi connectivity index (χ1n) is 14.6. The van der Waals surface area contributed by atoms with Crippen LogP contribution in [0.3, 0.4) is 0 Å². The number of carboxylic acid groups (broad SMARTS) is 1. The quantitative estimate of drug-likeness (QED) is 0.0760. The summed E-state index contributed by atoms with van der Waals surface area (Å²) in [6, 6.07) is 0. The molecule has 0 bridgehead atoms. The minimum absolute atomic E-state index is 0.113. The summed E-state index contributed by atoms with van der Waals surface area (Å²) in [5, 5.41) is 9.02. The van der Waals surface area contributed by atoms with Gasteiger partial charge in [0, 0.05) is 0 Å². The van der Waals surface area contributed by atoms with Crippen LogP contribution in [0.4, 0.5) is 0 Å². The minimum atomic E-state index is -0.918. The van der Waals surface area contributed by atoms with Crippen LogP contribution >= 0.6 is 0 Å². The second-order valence-corrected chi connectivity index (χ2v) is 9.96. The molecule has 0 aromatic heterocycles. The van der Waals surface area contributed by atoms with E-state index in [1.54, 1.807) is 0 Å². The van der Waals surface area contributed by atoms with Crippen molar-refractivity contribution in [3.8, 4) is 0 Å². The lowest BCUT2D eigenvalue weighted by Crippen LogP contribution is -2.21. The second-order valence-electron chi connectivity index (χ2n) is 9.96. The van der Waals surface area contributed by atoms with E-state index in [1.807, 2.05) is 6.92 Å². The molecular weight excluding hydrogens is 424 g/mol. The molecule has 0 radical (unpaired) electrons. The zero-order valence-electron chi connectivity index (χ0n) is 22.7. The SMILES string of the molecule is CCCCCCCC/C=C/CCCCCCCCCCCCCC(CC(=O)O)C(=O)OCCC. The van der Waals surface area contributed by atoms with E-state index >= 15 is 0 Å². The molecule has 1 atom stereocenters. The molecule has 1 unspecified atom stereocenters. The highest BCUT2D eigenvalue weighted by molar-refractivity contribution is 5.79. The maximum Gasteiger partial charge on any atom is 0.309 e. The number of allylic oxidation sites excluding steroid dienone is 2. The monoisotopic (exact) mass is 480 g/mol. The Morgan fingerprint density at radius 3 is 1.53 bits per heavy atom. The fourth-order valence-electron chi connectivity index (χ4n) is 4.36. The third kappa shape index (κ3) is 23.8. The second kappa shape index (κ2) is 26.3. The van der Waals surface area contributed by atoms with Crippen molar-refractivity contribution in [3.05, 3.63) is 12.2 Å². The van der Waals surface area contributed by atoms with E-state index in [1.165, 1.54) is 109 Å². The maximum absolute atomic E-state index is 12.0. The summed E-state index contributed by atoms with van der Waals surface area (Å²) in [6.45, 7) is 4.59. The smallest absolute Gasteiger partial charge is 0.309 e. The Morgan fingerprint density at radius 1 is 0.647 bits per heavy atom. The van der Waals surface area contributed by atoms with E-state index < -0.39 is 11.9 Å². The molecule has 0 aromatic rings. The lowest BCUT2D eigenvalue weighted by Gasteiger charge is -2.13. The van der Waals surface area contributed by atoms with Crippen molar-refractivity contribution in [1.29, 1.82) is 0 Å². The Kier molecular flexibility index (Phi) is 25.3. The zero-order valence-corrected chi connectivity index (χ0v) is 22.7. The van der Waals surface area contributed by atoms with Crippen LogP contribution in [0.25, 0.3) is 0 Å². The van der Waals surface area contributed by atoms with Crippen LogP contribution in [0.1, 0.15) is 155 Å². The highest BCUT2D eigenvalue weighted by atomic mass is 16.5. The fraction of sp³-hybridized carbons (Fsp3) is 0.867. The first kappa shape index (κ1) is 32.7. The van der Waals surface area contributed by atoms with Crippen LogP contribution in [-0.2, 0) is 14.3 Å². The molecule has 4 heteroatoms. The lowest BCUT2D eigenvalue weighted by molar-refractivity contribution is -0.153. The Labute approximate surface area is 211 Å². The van der Waals surface area contributed by atoms with Gasteiger partial charge >= 0.3 is 11.9 Å². The summed E-state index contributed by atoms with van der Waals surface area (Å²) < 4.78 is 5.15. The highest BCUT2D eigenvalue weighted by Crippen LogP contribution is 2.18.